The molecule has 0 unspecified atom stereocenters. The van der Waals surface area contributed by atoms with Gasteiger partial charge in [-0.25, -0.2) is 13.4 Å². The van der Waals surface area contributed by atoms with Crippen LogP contribution < -0.4 is 14.2 Å². The summed E-state index contributed by atoms with van der Waals surface area (Å²) in [5.41, 5.74) is 0. The fourth-order valence-electron chi connectivity index (χ4n) is 2.99. The Kier molecular flexibility index (Phi) is 5.81. The largest absolute Gasteiger partial charge is 0.497 e. The highest BCUT2D eigenvalue weighted by atomic mass is 32.2. The van der Waals surface area contributed by atoms with Crippen LogP contribution in [0.25, 0.3) is 0 Å². The van der Waals surface area contributed by atoms with Gasteiger partial charge in [-0.1, -0.05) is 0 Å². The zero-order chi connectivity index (χ0) is 19.4. The molecular weight excluding hydrogens is 370 g/mol. The van der Waals surface area contributed by atoms with Gasteiger partial charge < -0.3 is 14.2 Å². The molecule has 2 heterocycles. The third-order valence-corrected chi connectivity index (χ3v) is 6.37. The van der Waals surface area contributed by atoms with E-state index in [1.807, 2.05) is 0 Å². The van der Waals surface area contributed by atoms with Gasteiger partial charge in [-0.15, -0.1) is 0 Å². The van der Waals surface area contributed by atoms with Crippen LogP contribution >= 0.6 is 0 Å². The van der Waals surface area contributed by atoms with E-state index >= 15 is 0 Å². The number of nitrogens with zero attached hydrogens (tertiary/aromatic N) is 3. The second-order valence-corrected chi connectivity index (χ2v) is 8.09. The van der Waals surface area contributed by atoms with Crippen molar-refractivity contribution >= 4 is 10.0 Å². The van der Waals surface area contributed by atoms with Crippen LogP contribution in [0.15, 0.2) is 35.4 Å². The van der Waals surface area contributed by atoms with Crippen LogP contribution in [0.1, 0.15) is 18.7 Å². The number of aromatic nitrogens is 2. The Bertz CT molecular complexity index is 896. The minimum absolute atomic E-state index is 0.0801. The van der Waals surface area contributed by atoms with Gasteiger partial charge in [0.1, 0.15) is 28.3 Å². The first-order chi connectivity index (χ1) is 12.9. The molecule has 0 radical (unpaired) electrons. The van der Waals surface area contributed by atoms with Gasteiger partial charge in [0.2, 0.25) is 15.9 Å². The zero-order valence-corrected chi connectivity index (χ0v) is 16.4. The van der Waals surface area contributed by atoms with Crippen molar-refractivity contribution in [3.8, 4) is 17.4 Å². The number of ether oxygens (including phenoxy) is 3. The maximum absolute atomic E-state index is 13.0. The molecule has 146 valence electrons. The second-order valence-electron chi connectivity index (χ2n) is 6.18. The summed E-state index contributed by atoms with van der Waals surface area (Å²) in [6.07, 6.45) is 2.73. The van der Waals surface area contributed by atoms with Crippen LogP contribution in [0.4, 0.5) is 0 Å². The fourth-order valence-corrected chi connectivity index (χ4v) is 4.59. The number of rotatable bonds is 6. The van der Waals surface area contributed by atoms with Crippen molar-refractivity contribution in [2.45, 2.75) is 30.8 Å². The van der Waals surface area contributed by atoms with E-state index in [4.69, 9.17) is 14.2 Å². The summed E-state index contributed by atoms with van der Waals surface area (Å²) in [5.74, 6) is 1.96. The summed E-state index contributed by atoms with van der Waals surface area (Å²) < 4.78 is 43.7. The molecule has 0 bridgehead atoms. The molecule has 1 aliphatic heterocycles. The molecule has 1 aromatic carbocycles. The van der Waals surface area contributed by atoms with Crippen molar-refractivity contribution < 1.29 is 22.6 Å². The van der Waals surface area contributed by atoms with Crippen molar-refractivity contribution in [2.24, 2.45) is 0 Å². The summed E-state index contributed by atoms with van der Waals surface area (Å²) in [6.45, 7) is 2.53. The van der Waals surface area contributed by atoms with Crippen molar-refractivity contribution in [1.82, 2.24) is 14.3 Å². The van der Waals surface area contributed by atoms with Crippen LogP contribution in [-0.2, 0) is 10.0 Å². The third kappa shape index (κ3) is 4.30. The highest BCUT2D eigenvalue weighted by molar-refractivity contribution is 7.89. The smallest absolute Gasteiger partial charge is 0.246 e. The minimum Gasteiger partial charge on any atom is -0.497 e. The van der Waals surface area contributed by atoms with Crippen molar-refractivity contribution in [3.63, 3.8) is 0 Å². The molecule has 1 saturated heterocycles. The van der Waals surface area contributed by atoms with Gasteiger partial charge in [-0.05, 0) is 31.9 Å². The lowest BCUT2D eigenvalue weighted by molar-refractivity contribution is 0.129. The Morgan fingerprint density at radius 2 is 1.85 bits per heavy atom. The average Bonchev–Trinajstić information content (AvgIpc) is 2.68. The van der Waals surface area contributed by atoms with Crippen LogP contribution in [0.5, 0.6) is 17.4 Å². The molecule has 0 spiro atoms. The van der Waals surface area contributed by atoms with Crippen LogP contribution in [0.3, 0.4) is 0 Å². The van der Waals surface area contributed by atoms with E-state index in [1.165, 1.54) is 24.6 Å². The van der Waals surface area contributed by atoms with Gasteiger partial charge in [-0.2, -0.15) is 9.29 Å². The van der Waals surface area contributed by atoms with Crippen molar-refractivity contribution in [2.75, 3.05) is 27.3 Å². The summed E-state index contributed by atoms with van der Waals surface area (Å²) in [5, 5.41) is 0. The van der Waals surface area contributed by atoms with Crippen LogP contribution in [0.2, 0.25) is 0 Å². The molecule has 1 aromatic heterocycles. The fraction of sp³-hybridized carbons (Fsp3) is 0.444. The first-order valence-corrected chi connectivity index (χ1v) is 10.1. The number of piperidine rings is 1. The van der Waals surface area contributed by atoms with E-state index < -0.39 is 10.0 Å². The first kappa shape index (κ1) is 19.4. The summed E-state index contributed by atoms with van der Waals surface area (Å²) in [6, 6.07) is 6.40. The zero-order valence-electron chi connectivity index (χ0n) is 15.6. The Labute approximate surface area is 159 Å². The molecule has 0 saturated carbocycles. The van der Waals surface area contributed by atoms with E-state index in [1.54, 1.807) is 31.3 Å². The number of hydrogen-bond acceptors (Lipinski definition) is 7. The Hall–Kier alpha value is -2.39. The first-order valence-electron chi connectivity index (χ1n) is 8.62. The van der Waals surface area contributed by atoms with Crippen LogP contribution in [-0.4, -0.2) is 56.1 Å². The van der Waals surface area contributed by atoms with Gasteiger partial charge in [0.15, 0.2) is 0 Å². The van der Waals surface area contributed by atoms with E-state index in [-0.39, 0.29) is 16.7 Å². The molecular formula is C18H23N3O5S. The van der Waals surface area contributed by atoms with Gasteiger partial charge in [0.05, 0.1) is 14.2 Å². The standard InChI is InChI=1S/C18H23N3O5S/c1-13-19-9-6-18(20-13)26-14-7-10-21(11-8-14)27(22,23)17-5-4-15(24-2)12-16(17)25-3/h4-6,9,12,14H,7-8,10-11H2,1-3H3. The molecule has 0 amide bonds. The molecule has 1 fully saturated rings. The predicted octanol–water partition coefficient (Wildman–Crippen LogP) is 2.03. The van der Waals surface area contributed by atoms with Gasteiger partial charge in [0, 0.05) is 31.4 Å². The van der Waals surface area contributed by atoms with Crippen LogP contribution in [0, 0.1) is 6.92 Å². The van der Waals surface area contributed by atoms with Gasteiger partial charge >= 0.3 is 0 Å². The molecule has 0 atom stereocenters. The number of sulfonamides is 1. The molecule has 3 rings (SSSR count). The second kappa shape index (κ2) is 8.10. The van der Waals surface area contributed by atoms with E-state index in [0.717, 1.165) is 0 Å². The Balaban J connectivity index is 1.69. The summed E-state index contributed by atoms with van der Waals surface area (Å²) in [7, 11) is -0.698. The maximum Gasteiger partial charge on any atom is 0.246 e. The molecule has 9 heteroatoms. The monoisotopic (exact) mass is 393 g/mol. The molecule has 8 nitrogen and oxygen atoms in total. The lowest BCUT2D eigenvalue weighted by Crippen LogP contribution is -2.41. The van der Waals surface area contributed by atoms with E-state index in [9.17, 15) is 8.42 Å². The quantitative estimate of drug-likeness (QED) is 0.742. The predicted molar refractivity (Wildman–Crippen MR) is 98.7 cm³/mol. The molecule has 27 heavy (non-hydrogen) atoms. The average molecular weight is 393 g/mol. The van der Waals surface area contributed by atoms with E-state index in [2.05, 4.69) is 9.97 Å². The molecule has 0 aliphatic carbocycles. The third-order valence-electron chi connectivity index (χ3n) is 4.43. The molecule has 2 aromatic rings. The van der Waals surface area contributed by atoms with Gasteiger partial charge in [0.25, 0.3) is 0 Å². The van der Waals surface area contributed by atoms with Gasteiger partial charge in [-0.3, -0.25) is 0 Å². The highest BCUT2D eigenvalue weighted by Gasteiger charge is 2.32. The van der Waals surface area contributed by atoms with Crippen molar-refractivity contribution in [3.05, 3.63) is 36.3 Å². The number of aryl methyl sites for hydroxylation is 1. The minimum atomic E-state index is -3.66. The molecule has 0 N–H and O–H groups in total. The van der Waals surface area contributed by atoms with E-state index in [0.29, 0.717) is 43.4 Å². The maximum atomic E-state index is 13.0. The highest BCUT2D eigenvalue weighted by Crippen LogP contribution is 2.32. The molecule has 1 aliphatic rings. The van der Waals surface area contributed by atoms with Crippen molar-refractivity contribution in [1.29, 1.82) is 0 Å². The Morgan fingerprint density at radius 3 is 2.48 bits per heavy atom. The summed E-state index contributed by atoms with van der Waals surface area (Å²) in [4.78, 5) is 8.40. The number of methoxy groups -OCH3 is 2. The topological polar surface area (TPSA) is 90.9 Å². The lowest BCUT2D eigenvalue weighted by Gasteiger charge is -2.31. The normalized spacial score (nSPS) is 16.1. The number of hydrogen-bond donors (Lipinski definition) is 0. The SMILES string of the molecule is COc1ccc(S(=O)(=O)N2CCC(Oc3ccnc(C)n3)CC2)c(OC)c1. The summed E-state index contributed by atoms with van der Waals surface area (Å²) >= 11 is 0. The Morgan fingerprint density at radius 1 is 1.11 bits per heavy atom. The lowest BCUT2D eigenvalue weighted by atomic mass is 10.1. The number of benzene rings is 1.